The molecule has 27 heavy (non-hydrogen) atoms. The Labute approximate surface area is 159 Å². The van der Waals surface area contributed by atoms with E-state index in [0.717, 1.165) is 24.5 Å². The molecule has 0 spiro atoms. The quantitative estimate of drug-likeness (QED) is 0.602. The molecule has 144 valence electrons. The summed E-state index contributed by atoms with van der Waals surface area (Å²) < 4.78 is 27.2. The maximum absolute atomic E-state index is 12.9. The van der Waals surface area contributed by atoms with Gasteiger partial charge < -0.3 is 5.32 Å². The van der Waals surface area contributed by atoms with Crippen LogP contribution in [0.3, 0.4) is 0 Å². The van der Waals surface area contributed by atoms with Crippen molar-refractivity contribution in [3.63, 3.8) is 0 Å². The van der Waals surface area contributed by atoms with Gasteiger partial charge in [0.05, 0.1) is 9.82 Å². The second-order valence-corrected chi connectivity index (χ2v) is 8.82. The Morgan fingerprint density at radius 2 is 1.96 bits per heavy atom. The molecule has 7 nitrogen and oxygen atoms in total. The van der Waals surface area contributed by atoms with Crippen LogP contribution in [0.15, 0.2) is 53.4 Å². The van der Waals surface area contributed by atoms with Gasteiger partial charge in [-0.15, -0.1) is 0 Å². The number of sulfonamides is 1. The molecule has 0 bridgehead atoms. The maximum atomic E-state index is 12.9. The van der Waals surface area contributed by atoms with E-state index in [1.165, 1.54) is 16.4 Å². The van der Waals surface area contributed by atoms with E-state index in [2.05, 4.69) is 5.32 Å². The number of anilines is 1. The summed E-state index contributed by atoms with van der Waals surface area (Å²) in [5, 5.41) is 14.5. The van der Waals surface area contributed by atoms with Crippen LogP contribution in [-0.2, 0) is 16.6 Å². The van der Waals surface area contributed by atoms with Crippen LogP contribution in [0.4, 0.5) is 11.4 Å². The first kappa shape index (κ1) is 19.3. The van der Waals surface area contributed by atoms with Crippen molar-refractivity contribution in [3.05, 3.63) is 64.2 Å². The highest BCUT2D eigenvalue weighted by Crippen LogP contribution is 2.31. The third-order valence-electron chi connectivity index (χ3n) is 4.75. The summed E-state index contributed by atoms with van der Waals surface area (Å²) in [5.74, 6) is 0.287. The van der Waals surface area contributed by atoms with E-state index in [4.69, 9.17) is 0 Å². The first-order valence-corrected chi connectivity index (χ1v) is 10.4. The highest BCUT2D eigenvalue weighted by Gasteiger charge is 2.30. The fourth-order valence-electron chi connectivity index (χ4n) is 3.28. The molecule has 8 heteroatoms. The highest BCUT2D eigenvalue weighted by molar-refractivity contribution is 7.89. The van der Waals surface area contributed by atoms with Gasteiger partial charge in [0.1, 0.15) is 5.69 Å². The van der Waals surface area contributed by atoms with Crippen molar-refractivity contribution in [1.29, 1.82) is 0 Å². The lowest BCUT2D eigenvalue weighted by atomic mass is 10.0. The van der Waals surface area contributed by atoms with Crippen molar-refractivity contribution in [2.24, 2.45) is 5.92 Å². The summed E-state index contributed by atoms with van der Waals surface area (Å²) in [4.78, 5) is 10.9. The minimum absolute atomic E-state index is 0.0337. The molecule has 2 aromatic carbocycles. The highest BCUT2D eigenvalue weighted by atomic mass is 32.2. The van der Waals surface area contributed by atoms with Crippen LogP contribution in [0.1, 0.15) is 25.3 Å². The third-order valence-corrected chi connectivity index (χ3v) is 6.61. The Bertz CT molecular complexity index is 916. The molecule has 0 amide bonds. The van der Waals surface area contributed by atoms with Gasteiger partial charge in [-0.2, -0.15) is 4.31 Å². The van der Waals surface area contributed by atoms with Crippen molar-refractivity contribution in [2.75, 3.05) is 18.4 Å². The summed E-state index contributed by atoms with van der Waals surface area (Å²) in [5.41, 5.74) is 1.04. The van der Waals surface area contributed by atoms with Crippen molar-refractivity contribution in [2.45, 2.75) is 31.2 Å². The number of nitrogens with one attached hydrogen (secondary N) is 1. The first-order chi connectivity index (χ1) is 12.9. The summed E-state index contributed by atoms with van der Waals surface area (Å²) in [6.45, 7) is 3.33. The molecule has 1 aliphatic heterocycles. The molecule has 0 unspecified atom stereocenters. The van der Waals surface area contributed by atoms with Crippen LogP contribution < -0.4 is 5.32 Å². The molecular formula is C19H23N3O4S. The van der Waals surface area contributed by atoms with Crippen LogP contribution >= 0.6 is 0 Å². The zero-order valence-electron chi connectivity index (χ0n) is 15.2. The molecule has 0 aromatic heterocycles. The number of hydrogen-bond acceptors (Lipinski definition) is 5. The Balaban J connectivity index is 1.85. The summed E-state index contributed by atoms with van der Waals surface area (Å²) in [6.07, 6.45) is 1.80. The van der Waals surface area contributed by atoms with E-state index < -0.39 is 14.9 Å². The van der Waals surface area contributed by atoms with E-state index in [-0.39, 0.29) is 16.5 Å². The summed E-state index contributed by atoms with van der Waals surface area (Å²) in [6, 6.07) is 13.6. The molecule has 1 N–H and O–H groups in total. The minimum atomic E-state index is -3.73. The number of piperidine rings is 1. The second-order valence-electron chi connectivity index (χ2n) is 6.89. The van der Waals surface area contributed by atoms with Gasteiger partial charge in [0.15, 0.2) is 0 Å². The maximum Gasteiger partial charge on any atom is 0.293 e. The lowest BCUT2D eigenvalue weighted by molar-refractivity contribution is -0.384. The molecular weight excluding hydrogens is 366 g/mol. The van der Waals surface area contributed by atoms with E-state index >= 15 is 0 Å². The van der Waals surface area contributed by atoms with E-state index in [0.29, 0.717) is 25.3 Å². The van der Waals surface area contributed by atoms with Gasteiger partial charge in [0.2, 0.25) is 10.0 Å². The number of nitro groups is 1. The minimum Gasteiger partial charge on any atom is -0.375 e. The fraction of sp³-hybridized carbons (Fsp3) is 0.368. The zero-order valence-corrected chi connectivity index (χ0v) is 16.0. The Morgan fingerprint density at radius 1 is 1.22 bits per heavy atom. The van der Waals surface area contributed by atoms with E-state index in [1.807, 2.05) is 37.3 Å². The Kier molecular flexibility index (Phi) is 5.76. The summed E-state index contributed by atoms with van der Waals surface area (Å²) in [7, 11) is -3.73. The van der Waals surface area contributed by atoms with Gasteiger partial charge in [-0.05, 0) is 36.5 Å². The molecule has 0 radical (unpaired) electrons. The standard InChI is InChI=1S/C19H23N3O4S/c1-15-6-5-11-21(14-15)27(25,26)17-9-10-18(19(12-17)22(23)24)20-13-16-7-3-2-4-8-16/h2-4,7-10,12,15,20H,5-6,11,13-14H2,1H3/t15-/m1/s1. The molecule has 1 heterocycles. The van der Waals surface area contributed by atoms with E-state index in [1.54, 1.807) is 0 Å². The predicted molar refractivity (Wildman–Crippen MR) is 104 cm³/mol. The van der Waals surface area contributed by atoms with Crippen LogP contribution in [0.2, 0.25) is 0 Å². The van der Waals surface area contributed by atoms with E-state index in [9.17, 15) is 18.5 Å². The SMILES string of the molecule is C[C@@H]1CCCN(S(=O)(=O)c2ccc(NCc3ccccc3)c([N+](=O)[O-])c2)C1. The molecule has 1 saturated heterocycles. The monoisotopic (exact) mass is 389 g/mol. The van der Waals surface area contributed by atoms with Crippen molar-refractivity contribution in [3.8, 4) is 0 Å². The molecule has 0 saturated carbocycles. The van der Waals surface area contributed by atoms with Gasteiger partial charge in [-0.3, -0.25) is 10.1 Å². The van der Waals surface area contributed by atoms with Crippen LogP contribution in [0.5, 0.6) is 0 Å². The Morgan fingerprint density at radius 3 is 2.63 bits per heavy atom. The first-order valence-electron chi connectivity index (χ1n) is 8.94. The number of nitro benzene ring substituents is 1. The van der Waals surface area contributed by atoms with Crippen LogP contribution in [-0.4, -0.2) is 30.7 Å². The van der Waals surface area contributed by atoms with Gasteiger partial charge in [-0.25, -0.2) is 8.42 Å². The topological polar surface area (TPSA) is 92.6 Å². The second kappa shape index (κ2) is 8.06. The summed E-state index contributed by atoms with van der Waals surface area (Å²) >= 11 is 0. The van der Waals surface area contributed by atoms with Gasteiger partial charge in [0, 0.05) is 25.7 Å². The Hall–Kier alpha value is -2.45. The van der Waals surface area contributed by atoms with Crippen LogP contribution in [0.25, 0.3) is 0 Å². The molecule has 2 aromatic rings. The van der Waals surface area contributed by atoms with Gasteiger partial charge in [0.25, 0.3) is 5.69 Å². The number of rotatable bonds is 6. The number of nitrogens with zero attached hydrogens (tertiary/aromatic N) is 2. The molecule has 1 aliphatic rings. The average molecular weight is 389 g/mol. The lowest BCUT2D eigenvalue weighted by Gasteiger charge is -2.30. The molecule has 1 atom stereocenters. The third kappa shape index (κ3) is 4.45. The zero-order chi connectivity index (χ0) is 19.4. The van der Waals surface area contributed by atoms with Crippen molar-refractivity contribution >= 4 is 21.4 Å². The van der Waals surface area contributed by atoms with Crippen molar-refractivity contribution in [1.82, 2.24) is 4.31 Å². The van der Waals surface area contributed by atoms with Crippen LogP contribution in [0, 0.1) is 16.0 Å². The van der Waals surface area contributed by atoms with Gasteiger partial charge in [-0.1, -0.05) is 37.3 Å². The molecule has 1 fully saturated rings. The largest absolute Gasteiger partial charge is 0.375 e. The number of benzene rings is 2. The predicted octanol–water partition coefficient (Wildman–Crippen LogP) is 3.63. The van der Waals surface area contributed by atoms with Crippen molar-refractivity contribution < 1.29 is 13.3 Å². The average Bonchev–Trinajstić information content (AvgIpc) is 2.67. The fourth-order valence-corrected chi connectivity index (χ4v) is 4.90. The van der Waals surface area contributed by atoms with Gasteiger partial charge >= 0.3 is 0 Å². The molecule has 0 aliphatic carbocycles. The lowest BCUT2D eigenvalue weighted by Crippen LogP contribution is -2.39. The smallest absolute Gasteiger partial charge is 0.293 e. The molecule has 3 rings (SSSR count). The number of hydrogen-bond donors (Lipinski definition) is 1. The normalized spacial score (nSPS) is 18.2.